The van der Waals surface area contributed by atoms with Crippen molar-refractivity contribution in [2.24, 2.45) is 0 Å². The molecule has 1 saturated heterocycles. The summed E-state index contributed by atoms with van der Waals surface area (Å²) in [6, 6.07) is 10.1. The van der Waals surface area contributed by atoms with E-state index >= 15 is 0 Å². The van der Waals surface area contributed by atoms with Crippen LogP contribution < -0.4 is 0 Å². The Balaban J connectivity index is 1.89. The fourth-order valence-corrected chi connectivity index (χ4v) is 3.09. The van der Waals surface area contributed by atoms with E-state index in [1.165, 1.54) is 5.56 Å². The molecule has 2 aromatic rings. The first-order valence-corrected chi connectivity index (χ1v) is 7.37. The molecule has 1 fully saturated rings. The number of ether oxygens (including phenoxy) is 1. The minimum atomic E-state index is -0.650. The number of hydrogen-bond acceptors (Lipinski definition) is 3. The highest BCUT2D eigenvalue weighted by molar-refractivity contribution is 5.81. The zero-order valence-electron chi connectivity index (χ0n) is 11.9. The molecule has 1 aromatic heterocycles. The predicted octanol–water partition coefficient (Wildman–Crippen LogP) is 3.10. The van der Waals surface area contributed by atoms with Crippen LogP contribution in [0.25, 0.3) is 10.9 Å². The summed E-state index contributed by atoms with van der Waals surface area (Å²) in [5.41, 5.74) is 1.52. The Morgan fingerprint density at radius 1 is 1.35 bits per heavy atom. The first-order valence-electron chi connectivity index (χ1n) is 7.37. The number of nitrogens with zero attached hydrogens (tertiary/aromatic N) is 1. The van der Waals surface area contributed by atoms with E-state index in [0.29, 0.717) is 19.4 Å². The molecule has 3 heteroatoms. The van der Waals surface area contributed by atoms with Crippen molar-refractivity contribution in [2.45, 2.75) is 44.3 Å². The van der Waals surface area contributed by atoms with Crippen LogP contribution in [0.5, 0.6) is 0 Å². The summed E-state index contributed by atoms with van der Waals surface area (Å²) in [5, 5.41) is 12.0. The summed E-state index contributed by atoms with van der Waals surface area (Å²) >= 11 is 0. The second-order valence-corrected chi connectivity index (χ2v) is 5.74. The van der Waals surface area contributed by atoms with Gasteiger partial charge < -0.3 is 9.84 Å². The fourth-order valence-electron chi connectivity index (χ4n) is 3.09. The van der Waals surface area contributed by atoms with E-state index in [0.717, 1.165) is 23.7 Å². The van der Waals surface area contributed by atoms with Gasteiger partial charge in [0.25, 0.3) is 0 Å². The van der Waals surface area contributed by atoms with Gasteiger partial charge in [0, 0.05) is 31.0 Å². The number of benzene rings is 1. The summed E-state index contributed by atoms with van der Waals surface area (Å²) in [6.45, 7) is 2.76. The molecule has 3 nitrogen and oxygen atoms in total. The highest BCUT2D eigenvalue weighted by Gasteiger charge is 2.34. The molecule has 0 amide bonds. The maximum atomic E-state index is 10.9. The smallest absolute Gasteiger partial charge is 0.0734 e. The third-order valence-corrected chi connectivity index (χ3v) is 4.24. The molecule has 0 radical (unpaired) electrons. The van der Waals surface area contributed by atoms with Crippen molar-refractivity contribution in [1.82, 2.24) is 4.98 Å². The van der Waals surface area contributed by atoms with E-state index < -0.39 is 5.60 Å². The summed E-state index contributed by atoms with van der Waals surface area (Å²) < 4.78 is 5.68. The Bertz CT molecular complexity index is 593. The topological polar surface area (TPSA) is 42.4 Å². The van der Waals surface area contributed by atoms with Crippen LogP contribution in [-0.2, 0) is 11.2 Å². The first kappa shape index (κ1) is 13.5. The van der Waals surface area contributed by atoms with Crippen LogP contribution >= 0.6 is 0 Å². The van der Waals surface area contributed by atoms with E-state index in [9.17, 15) is 5.11 Å². The highest BCUT2D eigenvalue weighted by Crippen LogP contribution is 2.31. The molecule has 106 valence electrons. The number of aliphatic hydroxyl groups is 1. The van der Waals surface area contributed by atoms with Gasteiger partial charge in [-0.15, -0.1) is 0 Å². The molecule has 0 saturated carbocycles. The molecule has 3 rings (SSSR count). The van der Waals surface area contributed by atoms with Gasteiger partial charge in [-0.2, -0.15) is 0 Å². The lowest BCUT2D eigenvalue weighted by atomic mass is 9.83. The normalized spacial score (nSPS) is 26.8. The van der Waals surface area contributed by atoms with Crippen molar-refractivity contribution in [3.63, 3.8) is 0 Å². The van der Waals surface area contributed by atoms with Gasteiger partial charge in [-0.05, 0) is 30.5 Å². The van der Waals surface area contributed by atoms with E-state index in [1.807, 2.05) is 30.5 Å². The molecule has 0 aliphatic carbocycles. The summed E-state index contributed by atoms with van der Waals surface area (Å²) in [6.07, 6.45) is 5.08. The fraction of sp³-hybridized carbons (Fsp3) is 0.471. The van der Waals surface area contributed by atoms with Crippen LogP contribution in [0, 0.1) is 0 Å². The molecule has 2 unspecified atom stereocenters. The Labute approximate surface area is 119 Å². The lowest BCUT2D eigenvalue weighted by Gasteiger charge is -2.37. The minimum absolute atomic E-state index is 0.182. The Kier molecular flexibility index (Phi) is 3.72. The number of hydrogen-bond donors (Lipinski definition) is 1. The van der Waals surface area contributed by atoms with E-state index in [1.54, 1.807) is 0 Å². The van der Waals surface area contributed by atoms with Gasteiger partial charge in [0.15, 0.2) is 0 Å². The van der Waals surface area contributed by atoms with E-state index in [4.69, 9.17) is 4.74 Å². The summed E-state index contributed by atoms with van der Waals surface area (Å²) in [5.74, 6) is 0. The van der Waals surface area contributed by atoms with Crippen molar-refractivity contribution in [2.75, 3.05) is 6.61 Å². The third-order valence-electron chi connectivity index (χ3n) is 4.24. The van der Waals surface area contributed by atoms with Gasteiger partial charge in [-0.25, -0.2) is 0 Å². The van der Waals surface area contributed by atoms with Crippen LogP contribution in [0.2, 0.25) is 0 Å². The van der Waals surface area contributed by atoms with Gasteiger partial charge in [0.05, 0.1) is 17.2 Å². The Morgan fingerprint density at radius 3 is 3.05 bits per heavy atom. The summed E-state index contributed by atoms with van der Waals surface area (Å²) in [4.78, 5) is 4.38. The Morgan fingerprint density at radius 2 is 2.20 bits per heavy atom. The second kappa shape index (κ2) is 5.51. The molecule has 0 bridgehead atoms. The van der Waals surface area contributed by atoms with Gasteiger partial charge in [0.2, 0.25) is 0 Å². The SMILES string of the molecule is CCC1CC(O)(Cc2ccnc3ccccc23)CCO1. The zero-order chi connectivity index (χ0) is 14.0. The van der Waals surface area contributed by atoms with Gasteiger partial charge >= 0.3 is 0 Å². The van der Waals surface area contributed by atoms with Crippen molar-refractivity contribution in [3.8, 4) is 0 Å². The van der Waals surface area contributed by atoms with Crippen LogP contribution in [0.3, 0.4) is 0 Å². The molecule has 1 aromatic carbocycles. The second-order valence-electron chi connectivity index (χ2n) is 5.74. The maximum absolute atomic E-state index is 10.9. The van der Waals surface area contributed by atoms with E-state index in [-0.39, 0.29) is 6.10 Å². The quantitative estimate of drug-likeness (QED) is 0.932. The van der Waals surface area contributed by atoms with Crippen LogP contribution in [0.15, 0.2) is 36.5 Å². The largest absolute Gasteiger partial charge is 0.389 e. The standard InChI is InChI=1S/C17H21NO2/c1-2-14-12-17(19,8-10-20-14)11-13-7-9-18-16-6-4-3-5-15(13)16/h3-7,9,14,19H,2,8,10-12H2,1H3. The molecule has 1 aliphatic rings. The van der Waals surface area contributed by atoms with Crippen molar-refractivity contribution < 1.29 is 9.84 Å². The average molecular weight is 271 g/mol. The summed E-state index contributed by atoms with van der Waals surface area (Å²) in [7, 11) is 0. The van der Waals surface area contributed by atoms with Crippen LogP contribution in [0.1, 0.15) is 31.7 Å². The number of fused-ring (bicyclic) bond motifs is 1. The highest BCUT2D eigenvalue weighted by atomic mass is 16.5. The lowest BCUT2D eigenvalue weighted by Crippen LogP contribution is -2.42. The number of aromatic nitrogens is 1. The van der Waals surface area contributed by atoms with E-state index in [2.05, 4.69) is 18.0 Å². The molecular formula is C17H21NO2. The van der Waals surface area contributed by atoms with Gasteiger partial charge in [0.1, 0.15) is 0 Å². The third kappa shape index (κ3) is 2.69. The average Bonchev–Trinajstić information content (AvgIpc) is 2.47. The molecule has 1 N–H and O–H groups in total. The molecule has 0 spiro atoms. The molecular weight excluding hydrogens is 250 g/mol. The van der Waals surface area contributed by atoms with Crippen LogP contribution in [-0.4, -0.2) is 28.4 Å². The molecule has 20 heavy (non-hydrogen) atoms. The number of para-hydroxylation sites is 1. The lowest BCUT2D eigenvalue weighted by molar-refractivity contribution is -0.103. The molecule has 1 aliphatic heterocycles. The van der Waals surface area contributed by atoms with Crippen LogP contribution in [0.4, 0.5) is 0 Å². The van der Waals surface area contributed by atoms with Crippen molar-refractivity contribution in [1.29, 1.82) is 0 Å². The monoisotopic (exact) mass is 271 g/mol. The number of rotatable bonds is 3. The molecule has 2 heterocycles. The Hall–Kier alpha value is -1.45. The maximum Gasteiger partial charge on any atom is 0.0734 e. The van der Waals surface area contributed by atoms with Gasteiger partial charge in [-0.1, -0.05) is 25.1 Å². The minimum Gasteiger partial charge on any atom is -0.389 e. The van der Waals surface area contributed by atoms with Crippen molar-refractivity contribution in [3.05, 3.63) is 42.1 Å². The number of pyridine rings is 1. The zero-order valence-corrected chi connectivity index (χ0v) is 11.9. The molecule has 2 atom stereocenters. The predicted molar refractivity (Wildman–Crippen MR) is 79.7 cm³/mol. The van der Waals surface area contributed by atoms with Crippen molar-refractivity contribution >= 4 is 10.9 Å². The van der Waals surface area contributed by atoms with Gasteiger partial charge in [-0.3, -0.25) is 4.98 Å². The first-order chi connectivity index (χ1) is 9.70.